The lowest BCUT2D eigenvalue weighted by Gasteiger charge is -2.16. The normalized spacial score (nSPS) is 11.8. The SMILES string of the molecule is COC(=O)c1ccc(CCc2cc(OC)c(OC)cc2CCc2ccc3c(c2)OCO3)cc1OC. The summed E-state index contributed by atoms with van der Waals surface area (Å²) in [6, 6.07) is 15.7. The fourth-order valence-corrected chi connectivity index (χ4v) is 4.25. The summed E-state index contributed by atoms with van der Waals surface area (Å²) in [4.78, 5) is 12.0. The molecule has 1 aliphatic rings. The largest absolute Gasteiger partial charge is 0.496 e. The highest BCUT2D eigenvalue weighted by atomic mass is 16.7. The van der Waals surface area contributed by atoms with E-state index in [4.69, 9.17) is 28.4 Å². The second-order valence-corrected chi connectivity index (χ2v) is 8.19. The molecule has 0 fully saturated rings. The maximum absolute atomic E-state index is 12.0. The molecule has 0 atom stereocenters. The van der Waals surface area contributed by atoms with E-state index in [9.17, 15) is 4.79 Å². The highest BCUT2D eigenvalue weighted by Crippen LogP contribution is 2.35. The van der Waals surface area contributed by atoms with Crippen LogP contribution < -0.4 is 23.7 Å². The average Bonchev–Trinajstić information content (AvgIpc) is 3.37. The Bertz CT molecular complexity index is 1200. The molecular formula is C28H30O7. The molecule has 0 aliphatic carbocycles. The number of esters is 1. The van der Waals surface area contributed by atoms with E-state index in [1.807, 2.05) is 30.3 Å². The molecule has 1 heterocycles. The molecule has 7 nitrogen and oxygen atoms in total. The first-order valence-electron chi connectivity index (χ1n) is 11.4. The number of carbonyl (C=O) groups excluding carboxylic acids is 1. The van der Waals surface area contributed by atoms with Gasteiger partial charge in [0.2, 0.25) is 6.79 Å². The molecule has 35 heavy (non-hydrogen) atoms. The van der Waals surface area contributed by atoms with E-state index in [2.05, 4.69) is 12.1 Å². The topological polar surface area (TPSA) is 72.5 Å². The van der Waals surface area contributed by atoms with Crippen molar-refractivity contribution in [3.8, 4) is 28.7 Å². The van der Waals surface area contributed by atoms with Crippen LogP contribution in [0, 0.1) is 0 Å². The van der Waals surface area contributed by atoms with Crippen molar-refractivity contribution in [2.45, 2.75) is 25.7 Å². The van der Waals surface area contributed by atoms with Crippen LogP contribution in [0.25, 0.3) is 0 Å². The molecule has 0 bridgehead atoms. The smallest absolute Gasteiger partial charge is 0.341 e. The van der Waals surface area contributed by atoms with Crippen LogP contribution >= 0.6 is 0 Å². The van der Waals surface area contributed by atoms with Gasteiger partial charge in [0.25, 0.3) is 0 Å². The van der Waals surface area contributed by atoms with Gasteiger partial charge in [-0.25, -0.2) is 4.79 Å². The fourth-order valence-electron chi connectivity index (χ4n) is 4.25. The first-order valence-corrected chi connectivity index (χ1v) is 11.4. The molecule has 3 aromatic carbocycles. The van der Waals surface area contributed by atoms with Crippen LogP contribution in [0.15, 0.2) is 48.5 Å². The zero-order valence-corrected chi connectivity index (χ0v) is 20.5. The minimum absolute atomic E-state index is 0.268. The zero-order chi connectivity index (χ0) is 24.8. The van der Waals surface area contributed by atoms with Gasteiger partial charge in [0, 0.05) is 0 Å². The predicted octanol–water partition coefficient (Wildman–Crippen LogP) is 4.80. The van der Waals surface area contributed by atoms with E-state index in [0.29, 0.717) is 22.8 Å². The van der Waals surface area contributed by atoms with Gasteiger partial charge in [0.1, 0.15) is 11.3 Å². The van der Waals surface area contributed by atoms with Gasteiger partial charge < -0.3 is 28.4 Å². The molecule has 0 N–H and O–H groups in total. The summed E-state index contributed by atoms with van der Waals surface area (Å²) in [5.41, 5.74) is 5.02. The van der Waals surface area contributed by atoms with E-state index in [0.717, 1.165) is 42.7 Å². The number of ether oxygens (including phenoxy) is 6. The van der Waals surface area contributed by atoms with Crippen LogP contribution in [-0.4, -0.2) is 41.2 Å². The van der Waals surface area contributed by atoms with E-state index < -0.39 is 5.97 Å². The molecule has 0 saturated heterocycles. The maximum atomic E-state index is 12.0. The second-order valence-electron chi connectivity index (χ2n) is 8.19. The molecule has 0 radical (unpaired) electrons. The Balaban J connectivity index is 1.54. The summed E-state index contributed by atoms with van der Waals surface area (Å²) in [5.74, 6) is 3.08. The standard InChI is InChI=1S/C28H30O7/c1-30-24-13-18(7-11-22(24)28(29)33-4)5-9-20-15-25(31-2)26(32-3)16-21(20)10-6-19-8-12-23-27(14-19)35-17-34-23/h7-8,11-16H,5-6,9-10,17H2,1-4H3. The summed E-state index contributed by atoms with van der Waals surface area (Å²) in [6.45, 7) is 0.268. The maximum Gasteiger partial charge on any atom is 0.341 e. The highest BCUT2D eigenvalue weighted by molar-refractivity contribution is 5.92. The molecule has 0 aromatic heterocycles. The number of rotatable bonds is 10. The van der Waals surface area contributed by atoms with E-state index in [1.54, 1.807) is 27.4 Å². The Morgan fingerprint density at radius 3 is 1.86 bits per heavy atom. The van der Waals surface area contributed by atoms with Gasteiger partial charge in [0.15, 0.2) is 23.0 Å². The number of benzene rings is 3. The molecular weight excluding hydrogens is 448 g/mol. The van der Waals surface area contributed by atoms with Crippen molar-refractivity contribution in [3.63, 3.8) is 0 Å². The van der Waals surface area contributed by atoms with E-state index in [1.165, 1.54) is 23.8 Å². The first-order chi connectivity index (χ1) is 17.1. The van der Waals surface area contributed by atoms with Gasteiger partial charge in [-0.1, -0.05) is 12.1 Å². The molecule has 7 heteroatoms. The van der Waals surface area contributed by atoms with Crippen LogP contribution in [0.2, 0.25) is 0 Å². The third-order valence-electron chi connectivity index (χ3n) is 6.18. The van der Waals surface area contributed by atoms with Crippen molar-refractivity contribution in [2.24, 2.45) is 0 Å². The van der Waals surface area contributed by atoms with Gasteiger partial charge in [0.05, 0.1) is 28.4 Å². The summed E-state index contributed by atoms with van der Waals surface area (Å²) in [6.07, 6.45) is 3.24. The molecule has 0 saturated carbocycles. The van der Waals surface area contributed by atoms with Gasteiger partial charge in [-0.05, 0) is 84.3 Å². The van der Waals surface area contributed by atoms with Crippen molar-refractivity contribution >= 4 is 5.97 Å². The molecule has 1 aliphatic heterocycles. The minimum atomic E-state index is -0.418. The lowest BCUT2D eigenvalue weighted by atomic mass is 9.94. The van der Waals surface area contributed by atoms with Crippen molar-refractivity contribution in [3.05, 3.63) is 76.3 Å². The van der Waals surface area contributed by atoms with Crippen LogP contribution in [-0.2, 0) is 30.4 Å². The zero-order valence-electron chi connectivity index (χ0n) is 20.5. The van der Waals surface area contributed by atoms with Crippen LogP contribution in [0.3, 0.4) is 0 Å². The molecule has 4 rings (SSSR count). The van der Waals surface area contributed by atoms with Crippen molar-refractivity contribution in [1.82, 2.24) is 0 Å². The predicted molar refractivity (Wildman–Crippen MR) is 131 cm³/mol. The van der Waals surface area contributed by atoms with Gasteiger partial charge >= 0.3 is 5.97 Å². The number of carbonyl (C=O) groups is 1. The van der Waals surface area contributed by atoms with Crippen molar-refractivity contribution < 1.29 is 33.2 Å². The molecule has 184 valence electrons. The van der Waals surface area contributed by atoms with Crippen LogP contribution in [0.5, 0.6) is 28.7 Å². The monoisotopic (exact) mass is 478 g/mol. The minimum Gasteiger partial charge on any atom is -0.496 e. The lowest BCUT2D eigenvalue weighted by Crippen LogP contribution is -2.05. The van der Waals surface area contributed by atoms with Crippen LogP contribution in [0.4, 0.5) is 0 Å². The average molecular weight is 479 g/mol. The Labute approximate surface area is 205 Å². The lowest BCUT2D eigenvalue weighted by molar-refractivity contribution is 0.0597. The van der Waals surface area contributed by atoms with Crippen LogP contribution in [0.1, 0.15) is 32.6 Å². The van der Waals surface area contributed by atoms with Gasteiger partial charge in [-0.2, -0.15) is 0 Å². The third-order valence-corrected chi connectivity index (χ3v) is 6.18. The number of aryl methyl sites for hydroxylation is 4. The number of methoxy groups -OCH3 is 4. The quantitative estimate of drug-likeness (QED) is 0.388. The first kappa shape index (κ1) is 24.3. The molecule has 0 unspecified atom stereocenters. The Kier molecular flexibility index (Phi) is 7.65. The third kappa shape index (κ3) is 5.45. The van der Waals surface area contributed by atoms with Gasteiger partial charge in [-0.3, -0.25) is 0 Å². The van der Waals surface area contributed by atoms with Gasteiger partial charge in [-0.15, -0.1) is 0 Å². The number of fused-ring (bicyclic) bond motifs is 1. The summed E-state index contributed by atoms with van der Waals surface area (Å²) >= 11 is 0. The Morgan fingerprint density at radius 1 is 0.686 bits per heavy atom. The number of hydrogen-bond acceptors (Lipinski definition) is 7. The Hall–Kier alpha value is -3.87. The number of hydrogen-bond donors (Lipinski definition) is 0. The van der Waals surface area contributed by atoms with Crippen molar-refractivity contribution in [2.75, 3.05) is 35.2 Å². The fraction of sp³-hybridized carbons (Fsp3) is 0.321. The van der Waals surface area contributed by atoms with E-state index >= 15 is 0 Å². The van der Waals surface area contributed by atoms with E-state index in [-0.39, 0.29) is 6.79 Å². The second kappa shape index (κ2) is 11.0. The summed E-state index contributed by atoms with van der Waals surface area (Å²) in [7, 11) is 6.20. The summed E-state index contributed by atoms with van der Waals surface area (Å²) in [5, 5.41) is 0. The van der Waals surface area contributed by atoms with Crippen molar-refractivity contribution in [1.29, 1.82) is 0 Å². The molecule has 0 amide bonds. The summed E-state index contributed by atoms with van der Waals surface area (Å²) < 4.78 is 32.3. The molecule has 3 aromatic rings. The Morgan fingerprint density at radius 2 is 1.26 bits per heavy atom. The molecule has 0 spiro atoms. The highest BCUT2D eigenvalue weighted by Gasteiger charge is 2.16.